The fourth-order valence-corrected chi connectivity index (χ4v) is 1.37. The molecule has 0 aromatic heterocycles. The molecule has 11 heavy (non-hydrogen) atoms. The third-order valence-corrected chi connectivity index (χ3v) is 2.06. The molecule has 0 saturated carbocycles. The Morgan fingerprint density at radius 1 is 1.45 bits per heavy atom. The summed E-state index contributed by atoms with van der Waals surface area (Å²) < 4.78 is 5.26. The van der Waals surface area contributed by atoms with E-state index in [1.165, 1.54) is 0 Å². The first kappa shape index (κ1) is 8.53. The first-order valence-electron chi connectivity index (χ1n) is 4.06. The van der Waals surface area contributed by atoms with Crippen LogP contribution in [0.5, 0.6) is 0 Å². The highest BCUT2D eigenvalue weighted by molar-refractivity contribution is 5.54. The smallest absolute Gasteiger partial charge is 0.0846 e. The largest absolute Gasteiger partial charge is 0.381 e. The summed E-state index contributed by atoms with van der Waals surface area (Å²) in [6.45, 7) is 1.79. The van der Waals surface area contributed by atoms with Gasteiger partial charge in [-0.3, -0.25) is 4.99 Å². The zero-order valence-electron chi connectivity index (χ0n) is 7.29. The van der Waals surface area contributed by atoms with Gasteiger partial charge in [0.2, 0.25) is 0 Å². The molecule has 1 saturated heterocycles. The number of aliphatic imine (C=N–C) groups is 1. The van der Waals surface area contributed by atoms with Crippen molar-refractivity contribution >= 4 is 6.34 Å². The second-order valence-electron chi connectivity index (χ2n) is 2.88. The predicted octanol–water partition coefficient (Wildman–Crippen LogP) is 0.755. The highest BCUT2D eigenvalue weighted by atomic mass is 16.5. The van der Waals surface area contributed by atoms with Crippen LogP contribution in [0.1, 0.15) is 12.8 Å². The van der Waals surface area contributed by atoms with Crippen molar-refractivity contribution in [3.8, 4) is 0 Å². The molecule has 0 aliphatic carbocycles. The summed E-state index contributed by atoms with van der Waals surface area (Å²) in [5.41, 5.74) is 0. The van der Waals surface area contributed by atoms with Crippen molar-refractivity contribution in [2.45, 2.75) is 18.9 Å². The lowest BCUT2D eigenvalue weighted by atomic mass is 10.1. The predicted molar refractivity (Wildman–Crippen MR) is 46.0 cm³/mol. The molecule has 0 amide bonds. The van der Waals surface area contributed by atoms with Gasteiger partial charge in [0, 0.05) is 33.4 Å². The Balaban J connectivity index is 2.32. The first-order valence-corrected chi connectivity index (χ1v) is 4.06. The Morgan fingerprint density at radius 2 is 2.09 bits per heavy atom. The van der Waals surface area contributed by atoms with Crippen LogP contribution in [-0.4, -0.2) is 44.6 Å². The average molecular weight is 156 g/mol. The van der Waals surface area contributed by atoms with Gasteiger partial charge in [0.25, 0.3) is 0 Å². The highest BCUT2D eigenvalue weighted by Crippen LogP contribution is 2.10. The van der Waals surface area contributed by atoms with Gasteiger partial charge in [-0.05, 0) is 12.8 Å². The molecular formula is C8H16N2O. The molecule has 1 rings (SSSR count). The van der Waals surface area contributed by atoms with Crippen LogP contribution in [0, 0.1) is 0 Å². The second-order valence-corrected chi connectivity index (χ2v) is 2.88. The van der Waals surface area contributed by atoms with Crippen molar-refractivity contribution in [1.82, 2.24) is 4.90 Å². The van der Waals surface area contributed by atoms with Crippen LogP contribution in [0.25, 0.3) is 0 Å². The number of ether oxygens (including phenoxy) is 1. The van der Waals surface area contributed by atoms with E-state index in [-0.39, 0.29) is 0 Å². The van der Waals surface area contributed by atoms with E-state index in [1.54, 1.807) is 7.05 Å². The number of hydrogen-bond acceptors (Lipinski definition) is 2. The van der Waals surface area contributed by atoms with Gasteiger partial charge < -0.3 is 9.64 Å². The second kappa shape index (κ2) is 4.34. The van der Waals surface area contributed by atoms with Gasteiger partial charge in [-0.25, -0.2) is 0 Å². The molecule has 1 fully saturated rings. The van der Waals surface area contributed by atoms with Crippen LogP contribution in [0.4, 0.5) is 0 Å². The molecule has 3 nitrogen and oxygen atoms in total. The molecule has 1 aliphatic heterocycles. The summed E-state index contributed by atoms with van der Waals surface area (Å²) >= 11 is 0. The molecule has 1 aliphatic rings. The molecule has 0 radical (unpaired) electrons. The summed E-state index contributed by atoms with van der Waals surface area (Å²) in [5, 5.41) is 0. The molecule has 0 atom stereocenters. The zero-order chi connectivity index (χ0) is 8.10. The van der Waals surface area contributed by atoms with Gasteiger partial charge in [0.15, 0.2) is 0 Å². The van der Waals surface area contributed by atoms with E-state index >= 15 is 0 Å². The summed E-state index contributed by atoms with van der Waals surface area (Å²) in [7, 11) is 3.87. The van der Waals surface area contributed by atoms with Gasteiger partial charge in [-0.1, -0.05) is 0 Å². The van der Waals surface area contributed by atoms with Crippen molar-refractivity contribution < 1.29 is 4.74 Å². The van der Waals surface area contributed by atoms with Crippen molar-refractivity contribution in [2.24, 2.45) is 4.99 Å². The summed E-state index contributed by atoms with van der Waals surface area (Å²) in [4.78, 5) is 6.14. The van der Waals surface area contributed by atoms with E-state index in [4.69, 9.17) is 4.74 Å². The molecule has 1 heterocycles. The molecule has 0 N–H and O–H groups in total. The van der Waals surface area contributed by atoms with E-state index in [9.17, 15) is 0 Å². The van der Waals surface area contributed by atoms with E-state index in [0.29, 0.717) is 6.04 Å². The molecule has 3 heteroatoms. The molecule has 0 bridgehead atoms. The normalized spacial score (nSPS) is 20.9. The van der Waals surface area contributed by atoms with E-state index in [1.807, 2.05) is 6.34 Å². The third-order valence-electron chi connectivity index (χ3n) is 2.06. The van der Waals surface area contributed by atoms with Crippen LogP contribution < -0.4 is 0 Å². The lowest BCUT2D eigenvalue weighted by Crippen LogP contribution is -2.35. The van der Waals surface area contributed by atoms with E-state index < -0.39 is 0 Å². The summed E-state index contributed by atoms with van der Waals surface area (Å²) in [5.74, 6) is 0. The maximum absolute atomic E-state index is 5.26. The minimum Gasteiger partial charge on any atom is -0.381 e. The van der Waals surface area contributed by atoms with E-state index in [2.05, 4.69) is 16.9 Å². The van der Waals surface area contributed by atoms with Gasteiger partial charge in [0.05, 0.1) is 6.34 Å². The fraction of sp³-hybridized carbons (Fsp3) is 0.875. The zero-order valence-corrected chi connectivity index (χ0v) is 7.29. The fourth-order valence-electron chi connectivity index (χ4n) is 1.37. The Morgan fingerprint density at radius 3 is 2.64 bits per heavy atom. The minimum atomic E-state index is 0.632. The number of hydrogen-bond donors (Lipinski definition) is 0. The third kappa shape index (κ3) is 2.50. The van der Waals surface area contributed by atoms with Crippen LogP contribution in [0.15, 0.2) is 4.99 Å². The summed E-state index contributed by atoms with van der Waals surface area (Å²) in [6, 6.07) is 0.632. The number of rotatable bonds is 2. The molecule has 64 valence electrons. The van der Waals surface area contributed by atoms with Gasteiger partial charge in [-0.2, -0.15) is 0 Å². The van der Waals surface area contributed by atoms with Gasteiger partial charge in [0.1, 0.15) is 0 Å². The van der Waals surface area contributed by atoms with Crippen LogP contribution in [0.2, 0.25) is 0 Å². The molecular weight excluding hydrogens is 140 g/mol. The average Bonchev–Trinajstić information content (AvgIpc) is 2.07. The van der Waals surface area contributed by atoms with Crippen molar-refractivity contribution in [3.63, 3.8) is 0 Å². The quantitative estimate of drug-likeness (QED) is 0.435. The first-order chi connectivity index (χ1) is 5.34. The lowest BCUT2D eigenvalue weighted by Gasteiger charge is -2.29. The molecule has 0 aromatic carbocycles. The lowest BCUT2D eigenvalue weighted by molar-refractivity contribution is 0.0615. The Labute approximate surface area is 68.1 Å². The molecule has 0 aromatic rings. The Bertz CT molecular complexity index is 130. The van der Waals surface area contributed by atoms with Crippen LogP contribution in [-0.2, 0) is 4.74 Å². The Kier molecular flexibility index (Phi) is 3.36. The summed E-state index contributed by atoms with van der Waals surface area (Å²) in [6.07, 6.45) is 4.14. The van der Waals surface area contributed by atoms with Crippen molar-refractivity contribution in [1.29, 1.82) is 0 Å². The standard InChI is InChI=1S/C8H16N2O/c1-9-7-10(2)8-3-5-11-6-4-8/h7-8H,3-6H2,1-2H3/b9-7-. The highest BCUT2D eigenvalue weighted by Gasteiger charge is 2.15. The topological polar surface area (TPSA) is 24.8 Å². The SMILES string of the molecule is C/N=C\N(C)C1CCOCC1. The molecule has 0 unspecified atom stereocenters. The van der Waals surface area contributed by atoms with E-state index in [0.717, 1.165) is 26.1 Å². The van der Waals surface area contributed by atoms with Crippen molar-refractivity contribution in [2.75, 3.05) is 27.3 Å². The van der Waals surface area contributed by atoms with Gasteiger partial charge in [-0.15, -0.1) is 0 Å². The van der Waals surface area contributed by atoms with Crippen LogP contribution in [0.3, 0.4) is 0 Å². The number of nitrogens with zero attached hydrogens (tertiary/aromatic N) is 2. The Hall–Kier alpha value is -0.570. The minimum absolute atomic E-state index is 0.632. The van der Waals surface area contributed by atoms with Crippen molar-refractivity contribution in [3.05, 3.63) is 0 Å². The maximum atomic E-state index is 5.26. The van der Waals surface area contributed by atoms with Crippen LogP contribution >= 0.6 is 0 Å². The molecule has 0 spiro atoms. The maximum Gasteiger partial charge on any atom is 0.0846 e. The van der Waals surface area contributed by atoms with Gasteiger partial charge >= 0.3 is 0 Å². The monoisotopic (exact) mass is 156 g/mol.